The normalized spacial score (nSPS) is 16.3. The van der Waals surface area contributed by atoms with Gasteiger partial charge in [-0.2, -0.15) is 0 Å². The number of rotatable bonds is 4. The van der Waals surface area contributed by atoms with E-state index in [1.54, 1.807) is 0 Å². The molecule has 17 heavy (non-hydrogen) atoms. The van der Waals surface area contributed by atoms with Crippen LogP contribution < -0.4 is 0 Å². The Bertz CT molecular complexity index is 410. The third kappa shape index (κ3) is 4.16. The molecule has 1 aliphatic rings. The van der Waals surface area contributed by atoms with E-state index in [9.17, 15) is 13.2 Å². The first-order valence-corrected chi connectivity index (χ1v) is 5.37. The number of halogens is 3. The first kappa shape index (κ1) is 13.7. The minimum absolute atomic E-state index is 0.196. The highest BCUT2D eigenvalue weighted by Crippen LogP contribution is 2.23. The number of hydrogen-bond donors (Lipinski definition) is 0. The molecule has 94 valence electrons. The Morgan fingerprint density at radius 2 is 2.00 bits per heavy atom. The molecule has 0 fully saturated rings. The van der Waals surface area contributed by atoms with Crippen LogP contribution in [0.2, 0.25) is 0 Å². The van der Waals surface area contributed by atoms with E-state index in [2.05, 4.69) is 5.73 Å². The summed E-state index contributed by atoms with van der Waals surface area (Å²) in [6, 6.07) is 0. The highest BCUT2D eigenvalue weighted by molar-refractivity contribution is 5.35. The summed E-state index contributed by atoms with van der Waals surface area (Å²) in [5.74, 6) is -0.565. The van der Waals surface area contributed by atoms with Crippen LogP contribution >= 0.6 is 0 Å². The molecule has 0 bridgehead atoms. The molecule has 1 rings (SSSR count). The largest absolute Gasteiger partial charge is 0.487 e. The predicted octanol–water partition coefficient (Wildman–Crippen LogP) is 4.29. The Hall–Kier alpha value is -1.41. The van der Waals surface area contributed by atoms with E-state index in [0.29, 0.717) is 0 Å². The van der Waals surface area contributed by atoms with Crippen LogP contribution in [0.3, 0.4) is 0 Å². The molecule has 0 amide bonds. The van der Waals surface area contributed by atoms with Crippen molar-refractivity contribution in [2.75, 3.05) is 0 Å². The molecular weight excluding hydrogens is 229 g/mol. The predicted molar refractivity (Wildman–Crippen MR) is 60.3 cm³/mol. The third-order valence-corrected chi connectivity index (χ3v) is 2.44. The molecule has 0 radical (unpaired) electrons. The summed E-state index contributed by atoms with van der Waals surface area (Å²) in [6.07, 6.45) is 1.05. The number of hydrogen-bond acceptors (Lipinski definition) is 1. The van der Waals surface area contributed by atoms with Crippen LogP contribution in [0.5, 0.6) is 0 Å². The summed E-state index contributed by atoms with van der Waals surface area (Å²) in [7, 11) is 0. The maximum atomic E-state index is 13.3. The average molecular weight is 244 g/mol. The van der Waals surface area contributed by atoms with Crippen LogP contribution in [0.1, 0.15) is 27.2 Å². The van der Waals surface area contributed by atoms with Gasteiger partial charge in [-0.15, -0.1) is 5.73 Å². The molecule has 0 N–H and O–H groups in total. The summed E-state index contributed by atoms with van der Waals surface area (Å²) in [5, 5.41) is 0. The maximum absolute atomic E-state index is 13.3. The lowest BCUT2D eigenvalue weighted by Crippen LogP contribution is -2.22. The van der Waals surface area contributed by atoms with Crippen molar-refractivity contribution in [3.8, 4) is 0 Å². The van der Waals surface area contributed by atoms with Gasteiger partial charge in [0.25, 0.3) is 6.43 Å². The number of alkyl halides is 2. The van der Waals surface area contributed by atoms with Crippen molar-refractivity contribution in [1.29, 1.82) is 0 Å². The molecule has 0 atom stereocenters. The molecule has 4 heteroatoms. The average Bonchev–Trinajstić information content (AvgIpc) is 2.39. The van der Waals surface area contributed by atoms with Crippen LogP contribution in [-0.4, -0.2) is 12.0 Å². The second-order valence-electron chi connectivity index (χ2n) is 4.34. The van der Waals surface area contributed by atoms with Crippen molar-refractivity contribution in [3.63, 3.8) is 0 Å². The van der Waals surface area contributed by atoms with E-state index in [1.807, 2.05) is 20.8 Å². The van der Waals surface area contributed by atoms with Gasteiger partial charge >= 0.3 is 0 Å². The van der Waals surface area contributed by atoms with Gasteiger partial charge in [-0.05, 0) is 26.3 Å². The topological polar surface area (TPSA) is 9.23 Å². The highest BCUT2D eigenvalue weighted by Gasteiger charge is 2.18. The van der Waals surface area contributed by atoms with Crippen LogP contribution in [0.15, 0.2) is 41.1 Å². The summed E-state index contributed by atoms with van der Waals surface area (Å²) < 4.78 is 43.6. The quantitative estimate of drug-likeness (QED) is 0.670. The summed E-state index contributed by atoms with van der Waals surface area (Å²) >= 11 is 0. The lowest BCUT2D eigenvalue weighted by Gasteiger charge is -2.25. The van der Waals surface area contributed by atoms with Crippen molar-refractivity contribution in [3.05, 3.63) is 41.1 Å². The molecule has 0 unspecified atom stereocenters. The van der Waals surface area contributed by atoms with Gasteiger partial charge in [0.2, 0.25) is 0 Å². The Balaban J connectivity index is 2.97. The second-order valence-corrected chi connectivity index (χ2v) is 4.34. The molecule has 0 aliphatic heterocycles. The van der Waals surface area contributed by atoms with Crippen molar-refractivity contribution in [1.82, 2.24) is 0 Å². The fourth-order valence-electron chi connectivity index (χ4n) is 1.14. The van der Waals surface area contributed by atoms with Crippen molar-refractivity contribution in [2.24, 2.45) is 0 Å². The lowest BCUT2D eigenvalue weighted by molar-refractivity contribution is 0.0386. The third-order valence-electron chi connectivity index (χ3n) is 2.44. The molecule has 1 nitrogen and oxygen atoms in total. The van der Waals surface area contributed by atoms with Gasteiger partial charge in [-0.3, -0.25) is 0 Å². The van der Waals surface area contributed by atoms with Crippen molar-refractivity contribution >= 4 is 0 Å². The van der Waals surface area contributed by atoms with Gasteiger partial charge in [0.15, 0.2) is 0 Å². The standard InChI is InChI=1S/C13H15F3O/c1-4-13(2,3)17-11-6-5-9(12(15)16)7-10(14)8-11/h6-8,12H,4H2,1-3H3. The molecule has 0 aromatic carbocycles. The zero-order chi connectivity index (χ0) is 13.1. The minimum atomic E-state index is -2.75. The van der Waals surface area contributed by atoms with Gasteiger partial charge in [-0.1, -0.05) is 6.92 Å². The van der Waals surface area contributed by atoms with E-state index in [4.69, 9.17) is 4.74 Å². The van der Waals surface area contributed by atoms with Crippen LogP contribution in [0.4, 0.5) is 13.2 Å². The zero-order valence-corrected chi connectivity index (χ0v) is 10.1. The molecule has 0 spiro atoms. The van der Waals surface area contributed by atoms with Gasteiger partial charge in [-0.25, -0.2) is 13.2 Å². The van der Waals surface area contributed by atoms with Crippen molar-refractivity contribution in [2.45, 2.75) is 39.2 Å². The first-order valence-electron chi connectivity index (χ1n) is 5.37. The van der Waals surface area contributed by atoms with Crippen molar-refractivity contribution < 1.29 is 17.9 Å². The van der Waals surface area contributed by atoms with Gasteiger partial charge < -0.3 is 4.74 Å². The van der Waals surface area contributed by atoms with E-state index < -0.39 is 23.4 Å². The summed E-state index contributed by atoms with van der Waals surface area (Å²) in [5.41, 5.74) is 1.39. The smallest absolute Gasteiger partial charge is 0.270 e. The van der Waals surface area contributed by atoms with Crippen LogP contribution in [0, 0.1) is 0 Å². The molecule has 1 aliphatic carbocycles. The molecule has 0 saturated carbocycles. The van der Waals surface area contributed by atoms with Gasteiger partial charge in [0.05, 0.1) is 5.57 Å². The molecular formula is C13H15F3O. The highest BCUT2D eigenvalue weighted by atomic mass is 19.3. The fourth-order valence-corrected chi connectivity index (χ4v) is 1.14. The summed E-state index contributed by atoms with van der Waals surface area (Å²) in [4.78, 5) is 0. The van der Waals surface area contributed by atoms with Crippen LogP contribution in [0.25, 0.3) is 0 Å². The number of allylic oxidation sites excluding steroid dienone is 4. The lowest BCUT2D eigenvalue weighted by atomic mass is 10.1. The molecule has 0 aromatic rings. The monoisotopic (exact) mass is 244 g/mol. The fraction of sp³-hybridized carbons (Fsp3) is 0.462. The first-order chi connectivity index (χ1) is 7.84. The SMILES string of the molecule is CCC(C)(C)OC1=CC(F)=CC(C(F)F)=C=C1. The minimum Gasteiger partial charge on any atom is -0.487 e. The summed E-state index contributed by atoms with van der Waals surface area (Å²) in [6.45, 7) is 5.60. The van der Waals surface area contributed by atoms with E-state index in [0.717, 1.165) is 18.6 Å². The number of ether oxygens (including phenoxy) is 1. The maximum Gasteiger partial charge on any atom is 0.270 e. The van der Waals surface area contributed by atoms with Crippen LogP contribution in [-0.2, 0) is 4.74 Å². The zero-order valence-electron chi connectivity index (χ0n) is 10.1. The molecule has 0 heterocycles. The van der Waals surface area contributed by atoms with Gasteiger partial charge in [0.1, 0.15) is 17.2 Å². The van der Waals surface area contributed by atoms with E-state index in [-0.39, 0.29) is 5.76 Å². The molecule has 0 aromatic heterocycles. The second kappa shape index (κ2) is 5.28. The Morgan fingerprint density at radius 1 is 1.35 bits per heavy atom. The Labute approximate surface area is 99.0 Å². The van der Waals surface area contributed by atoms with E-state index >= 15 is 0 Å². The van der Waals surface area contributed by atoms with Gasteiger partial charge in [0, 0.05) is 12.2 Å². The Morgan fingerprint density at radius 3 is 2.53 bits per heavy atom. The Kier molecular flexibility index (Phi) is 4.24. The van der Waals surface area contributed by atoms with E-state index in [1.165, 1.54) is 6.08 Å². The molecule has 0 saturated heterocycles.